The Morgan fingerprint density at radius 2 is 2.00 bits per heavy atom. The predicted molar refractivity (Wildman–Crippen MR) is 74.5 cm³/mol. The van der Waals surface area contributed by atoms with Crippen LogP contribution in [0.3, 0.4) is 0 Å². The fourth-order valence-electron chi connectivity index (χ4n) is 1.89. The quantitative estimate of drug-likeness (QED) is 0.664. The maximum absolute atomic E-state index is 13.3. The molecule has 0 atom stereocenters. The van der Waals surface area contributed by atoms with Crippen molar-refractivity contribution in [1.29, 1.82) is 0 Å². The first-order valence-electron chi connectivity index (χ1n) is 5.93. The molecule has 0 saturated carbocycles. The van der Waals surface area contributed by atoms with Crippen molar-refractivity contribution in [2.45, 2.75) is 6.92 Å². The number of nitro groups is 1. The van der Waals surface area contributed by atoms with Crippen LogP contribution in [0.25, 0.3) is 0 Å². The number of benzene rings is 2. The molecular formula is C14H11FN2O4. The lowest BCUT2D eigenvalue weighted by molar-refractivity contribution is -0.383. The first kappa shape index (κ1) is 14.4. The highest BCUT2D eigenvalue weighted by Crippen LogP contribution is 2.29. The van der Waals surface area contributed by atoms with Crippen LogP contribution in [0.4, 0.5) is 21.5 Å². The van der Waals surface area contributed by atoms with Crippen LogP contribution >= 0.6 is 0 Å². The number of aryl methyl sites for hydroxylation is 1. The van der Waals surface area contributed by atoms with Gasteiger partial charge in [-0.1, -0.05) is 0 Å². The number of nitro benzene ring substituents is 1. The predicted octanol–water partition coefficient (Wildman–Crippen LogP) is 3.48. The molecule has 0 aliphatic carbocycles. The minimum absolute atomic E-state index is 0.00935. The van der Waals surface area contributed by atoms with Crippen LogP contribution in [-0.2, 0) is 0 Å². The molecule has 0 aliphatic rings. The summed E-state index contributed by atoms with van der Waals surface area (Å²) < 4.78 is 13.3. The molecule has 0 saturated heterocycles. The lowest BCUT2D eigenvalue weighted by Gasteiger charge is -2.09. The van der Waals surface area contributed by atoms with Crippen molar-refractivity contribution in [3.05, 3.63) is 63.5 Å². The van der Waals surface area contributed by atoms with E-state index in [1.807, 2.05) is 0 Å². The SMILES string of the molecule is Cc1cc(F)cc(Nc2cc(C(=O)O)ccc2[N+](=O)[O-])c1. The Kier molecular flexibility index (Phi) is 3.84. The van der Waals surface area contributed by atoms with Crippen molar-refractivity contribution in [1.82, 2.24) is 0 Å². The lowest BCUT2D eigenvalue weighted by Crippen LogP contribution is -2.02. The maximum atomic E-state index is 13.3. The van der Waals surface area contributed by atoms with Gasteiger partial charge in [0.15, 0.2) is 0 Å². The smallest absolute Gasteiger partial charge is 0.335 e. The second-order valence-electron chi connectivity index (χ2n) is 4.44. The Balaban J connectivity index is 2.47. The maximum Gasteiger partial charge on any atom is 0.335 e. The molecule has 0 radical (unpaired) electrons. The molecule has 2 aromatic carbocycles. The first-order chi connectivity index (χ1) is 9.86. The first-order valence-corrected chi connectivity index (χ1v) is 5.93. The Bertz CT molecular complexity index is 711. The van der Waals surface area contributed by atoms with Crippen LogP contribution in [0.15, 0.2) is 36.4 Å². The molecule has 0 unspecified atom stereocenters. The second kappa shape index (κ2) is 5.58. The zero-order valence-corrected chi connectivity index (χ0v) is 11.0. The summed E-state index contributed by atoms with van der Waals surface area (Å²) in [5, 5.41) is 22.6. The van der Waals surface area contributed by atoms with Crippen molar-refractivity contribution in [2.75, 3.05) is 5.32 Å². The fourth-order valence-corrected chi connectivity index (χ4v) is 1.89. The molecule has 2 rings (SSSR count). The third kappa shape index (κ3) is 3.33. The van der Waals surface area contributed by atoms with Crippen molar-refractivity contribution >= 4 is 23.0 Å². The van der Waals surface area contributed by atoms with E-state index in [1.54, 1.807) is 13.0 Å². The molecule has 0 spiro atoms. The molecule has 108 valence electrons. The molecule has 0 bridgehead atoms. The number of hydrogen-bond acceptors (Lipinski definition) is 4. The monoisotopic (exact) mass is 290 g/mol. The molecule has 0 amide bonds. The Hall–Kier alpha value is -2.96. The van der Waals surface area contributed by atoms with Gasteiger partial charge in [0.05, 0.1) is 10.5 Å². The average Bonchev–Trinajstić information content (AvgIpc) is 2.36. The molecule has 7 heteroatoms. The number of carboxylic acid groups (broad SMARTS) is 1. The number of rotatable bonds is 4. The second-order valence-corrected chi connectivity index (χ2v) is 4.44. The van der Waals surface area contributed by atoms with Crippen LogP contribution < -0.4 is 5.32 Å². The molecule has 0 aromatic heterocycles. The van der Waals surface area contributed by atoms with E-state index in [2.05, 4.69) is 5.32 Å². The number of carbonyl (C=O) groups is 1. The van der Waals surface area contributed by atoms with Gasteiger partial charge in [-0.3, -0.25) is 10.1 Å². The van der Waals surface area contributed by atoms with Gasteiger partial charge >= 0.3 is 5.97 Å². The summed E-state index contributed by atoms with van der Waals surface area (Å²) in [5.41, 5.74) is 0.538. The van der Waals surface area contributed by atoms with E-state index in [0.29, 0.717) is 11.3 Å². The summed E-state index contributed by atoms with van der Waals surface area (Å²) in [7, 11) is 0. The number of carboxylic acids is 1. The van der Waals surface area contributed by atoms with E-state index < -0.39 is 16.7 Å². The standard InChI is InChI=1S/C14H11FN2O4/c1-8-4-10(15)7-11(5-8)16-12-6-9(14(18)19)2-3-13(12)17(20)21/h2-7,16H,1H3,(H,18,19). The van der Waals surface area contributed by atoms with Crippen LogP contribution in [0, 0.1) is 22.9 Å². The molecule has 0 fully saturated rings. The van der Waals surface area contributed by atoms with Gasteiger partial charge in [-0.15, -0.1) is 0 Å². The number of nitrogens with one attached hydrogen (secondary N) is 1. The topological polar surface area (TPSA) is 92.5 Å². The molecule has 0 heterocycles. The number of aromatic carboxylic acids is 1. The number of nitrogens with zero attached hydrogens (tertiary/aromatic N) is 1. The normalized spacial score (nSPS) is 10.2. The van der Waals surface area contributed by atoms with Crippen LogP contribution in [0.2, 0.25) is 0 Å². The highest BCUT2D eigenvalue weighted by atomic mass is 19.1. The molecule has 6 nitrogen and oxygen atoms in total. The van der Waals surface area contributed by atoms with E-state index in [0.717, 1.165) is 18.2 Å². The molecule has 2 N–H and O–H groups in total. The zero-order valence-electron chi connectivity index (χ0n) is 11.0. The molecule has 0 aliphatic heterocycles. The number of anilines is 2. The Morgan fingerprint density at radius 3 is 2.57 bits per heavy atom. The van der Waals surface area contributed by atoms with Gasteiger partial charge in [0.2, 0.25) is 0 Å². The van der Waals surface area contributed by atoms with Crippen LogP contribution in [-0.4, -0.2) is 16.0 Å². The fraction of sp³-hybridized carbons (Fsp3) is 0.0714. The Labute approximate surface area is 119 Å². The summed E-state index contributed by atoms with van der Waals surface area (Å²) in [4.78, 5) is 21.3. The summed E-state index contributed by atoms with van der Waals surface area (Å²) in [6.07, 6.45) is 0. The average molecular weight is 290 g/mol. The van der Waals surface area contributed by atoms with Crippen molar-refractivity contribution in [3.8, 4) is 0 Å². The van der Waals surface area contributed by atoms with Gasteiger partial charge in [0.1, 0.15) is 11.5 Å². The lowest BCUT2D eigenvalue weighted by atomic mass is 10.1. The number of halogens is 1. The summed E-state index contributed by atoms with van der Waals surface area (Å²) in [6, 6.07) is 7.46. The van der Waals surface area contributed by atoms with Gasteiger partial charge in [0.25, 0.3) is 5.69 Å². The van der Waals surface area contributed by atoms with E-state index in [4.69, 9.17) is 5.11 Å². The van der Waals surface area contributed by atoms with Gasteiger partial charge in [-0.25, -0.2) is 9.18 Å². The third-order valence-electron chi connectivity index (χ3n) is 2.76. The summed E-state index contributed by atoms with van der Waals surface area (Å²) in [5.74, 6) is -1.70. The van der Waals surface area contributed by atoms with Crippen molar-refractivity contribution in [3.63, 3.8) is 0 Å². The minimum atomic E-state index is -1.21. The summed E-state index contributed by atoms with van der Waals surface area (Å²) >= 11 is 0. The van der Waals surface area contributed by atoms with Gasteiger partial charge in [-0.05, 0) is 42.8 Å². The molecular weight excluding hydrogens is 279 g/mol. The van der Waals surface area contributed by atoms with E-state index in [9.17, 15) is 19.3 Å². The Morgan fingerprint density at radius 1 is 1.29 bits per heavy atom. The highest BCUT2D eigenvalue weighted by Gasteiger charge is 2.17. The van der Waals surface area contributed by atoms with Crippen molar-refractivity contribution in [2.24, 2.45) is 0 Å². The van der Waals surface area contributed by atoms with Gasteiger partial charge in [0, 0.05) is 11.8 Å². The van der Waals surface area contributed by atoms with Crippen LogP contribution in [0.5, 0.6) is 0 Å². The molecule has 2 aromatic rings. The summed E-state index contributed by atoms with van der Waals surface area (Å²) in [6.45, 7) is 1.68. The van der Waals surface area contributed by atoms with Crippen LogP contribution in [0.1, 0.15) is 15.9 Å². The van der Waals surface area contributed by atoms with Gasteiger partial charge in [-0.2, -0.15) is 0 Å². The highest BCUT2D eigenvalue weighted by molar-refractivity contribution is 5.90. The minimum Gasteiger partial charge on any atom is -0.478 e. The van der Waals surface area contributed by atoms with Crippen molar-refractivity contribution < 1.29 is 19.2 Å². The number of hydrogen-bond donors (Lipinski definition) is 2. The van der Waals surface area contributed by atoms with E-state index in [1.165, 1.54) is 12.1 Å². The van der Waals surface area contributed by atoms with Gasteiger partial charge < -0.3 is 10.4 Å². The largest absolute Gasteiger partial charge is 0.478 e. The van der Waals surface area contributed by atoms with E-state index in [-0.39, 0.29) is 16.9 Å². The molecule has 21 heavy (non-hydrogen) atoms. The third-order valence-corrected chi connectivity index (χ3v) is 2.76. The zero-order chi connectivity index (χ0) is 15.6. The van der Waals surface area contributed by atoms with E-state index >= 15 is 0 Å².